The maximum atomic E-state index is 12.6. The standard InChI is InChI=1S/C19H21BrClN5O/c1-12(9-25-11-16(20)8-22-25)19(27)23-18-13(2)24-26(14(18)3)10-15-5-4-6-17(21)7-15/h4-8,11-12H,9-10H2,1-3H3,(H,23,27). The van der Waals surface area contributed by atoms with Crippen LogP contribution in [0.15, 0.2) is 41.1 Å². The molecule has 0 aliphatic rings. The highest BCUT2D eigenvalue weighted by atomic mass is 79.9. The zero-order valence-corrected chi connectivity index (χ0v) is 17.8. The summed E-state index contributed by atoms with van der Waals surface area (Å²) in [4.78, 5) is 12.6. The third kappa shape index (κ3) is 4.78. The molecule has 142 valence electrons. The third-order valence-electron chi connectivity index (χ3n) is 4.36. The summed E-state index contributed by atoms with van der Waals surface area (Å²) >= 11 is 9.43. The smallest absolute Gasteiger partial charge is 0.229 e. The molecule has 0 aliphatic carbocycles. The molecule has 0 spiro atoms. The molecule has 2 heterocycles. The first-order chi connectivity index (χ1) is 12.8. The Morgan fingerprint density at radius 2 is 2.15 bits per heavy atom. The number of anilines is 1. The first kappa shape index (κ1) is 19.6. The number of hydrogen-bond acceptors (Lipinski definition) is 3. The largest absolute Gasteiger partial charge is 0.323 e. The van der Waals surface area contributed by atoms with Gasteiger partial charge >= 0.3 is 0 Å². The normalized spacial score (nSPS) is 12.2. The fourth-order valence-electron chi connectivity index (χ4n) is 2.89. The molecule has 1 N–H and O–H groups in total. The number of rotatable bonds is 6. The van der Waals surface area contributed by atoms with Gasteiger partial charge in [-0.25, -0.2) is 0 Å². The van der Waals surface area contributed by atoms with Crippen molar-refractivity contribution in [1.82, 2.24) is 19.6 Å². The molecule has 0 aliphatic heterocycles. The van der Waals surface area contributed by atoms with Crippen LogP contribution >= 0.6 is 27.5 Å². The van der Waals surface area contributed by atoms with Gasteiger partial charge in [-0.3, -0.25) is 14.2 Å². The second kappa shape index (κ2) is 8.27. The van der Waals surface area contributed by atoms with Gasteiger partial charge in [-0.2, -0.15) is 10.2 Å². The van der Waals surface area contributed by atoms with Crippen LogP contribution in [0, 0.1) is 19.8 Å². The molecule has 0 bridgehead atoms. The van der Waals surface area contributed by atoms with Crippen molar-refractivity contribution in [2.75, 3.05) is 5.32 Å². The molecule has 8 heteroatoms. The summed E-state index contributed by atoms with van der Waals surface area (Å²) in [7, 11) is 0. The Morgan fingerprint density at radius 3 is 2.81 bits per heavy atom. The highest BCUT2D eigenvalue weighted by molar-refractivity contribution is 9.10. The second-order valence-corrected chi connectivity index (χ2v) is 7.96. The summed E-state index contributed by atoms with van der Waals surface area (Å²) in [5.74, 6) is -0.290. The molecule has 1 amide bonds. The van der Waals surface area contributed by atoms with Gasteiger partial charge in [0.2, 0.25) is 5.91 Å². The third-order valence-corrected chi connectivity index (χ3v) is 5.01. The van der Waals surface area contributed by atoms with E-state index in [9.17, 15) is 4.79 Å². The van der Waals surface area contributed by atoms with Crippen LogP contribution in [-0.2, 0) is 17.9 Å². The van der Waals surface area contributed by atoms with Crippen molar-refractivity contribution in [2.45, 2.75) is 33.9 Å². The highest BCUT2D eigenvalue weighted by Crippen LogP contribution is 2.22. The van der Waals surface area contributed by atoms with E-state index in [0.29, 0.717) is 18.1 Å². The van der Waals surface area contributed by atoms with Crippen LogP contribution in [0.1, 0.15) is 23.9 Å². The number of nitrogens with zero attached hydrogens (tertiary/aromatic N) is 4. The van der Waals surface area contributed by atoms with E-state index in [0.717, 1.165) is 27.1 Å². The van der Waals surface area contributed by atoms with Gasteiger partial charge in [0, 0.05) is 11.2 Å². The molecular weight excluding hydrogens is 430 g/mol. The Morgan fingerprint density at radius 1 is 1.37 bits per heavy atom. The van der Waals surface area contributed by atoms with Gasteiger partial charge in [0.1, 0.15) is 0 Å². The van der Waals surface area contributed by atoms with Crippen molar-refractivity contribution in [2.24, 2.45) is 5.92 Å². The first-order valence-electron chi connectivity index (χ1n) is 8.60. The van der Waals surface area contributed by atoms with Crippen molar-refractivity contribution in [3.8, 4) is 0 Å². The number of carbonyl (C=O) groups is 1. The Hall–Kier alpha value is -2.12. The zero-order chi connectivity index (χ0) is 19.6. The van der Waals surface area contributed by atoms with E-state index in [-0.39, 0.29) is 11.8 Å². The zero-order valence-electron chi connectivity index (χ0n) is 15.4. The molecule has 1 atom stereocenters. The minimum atomic E-state index is -0.230. The van der Waals surface area contributed by atoms with Crippen LogP contribution in [-0.4, -0.2) is 25.5 Å². The Kier molecular flexibility index (Phi) is 6.01. The van der Waals surface area contributed by atoms with Gasteiger partial charge in [-0.1, -0.05) is 30.7 Å². The van der Waals surface area contributed by atoms with Gasteiger partial charge in [-0.05, 0) is 47.5 Å². The van der Waals surface area contributed by atoms with Crippen molar-refractivity contribution in [3.05, 3.63) is 63.1 Å². The van der Waals surface area contributed by atoms with Crippen LogP contribution in [0.2, 0.25) is 5.02 Å². The maximum absolute atomic E-state index is 12.6. The molecule has 0 saturated heterocycles. The van der Waals surface area contributed by atoms with E-state index in [1.165, 1.54) is 0 Å². The van der Waals surface area contributed by atoms with Crippen molar-refractivity contribution in [1.29, 1.82) is 0 Å². The molecule has 0 fully saturated rings. The SMILES string of the molecule is Cc1nn(Cc2cccc(Cl)c2)c(C)c1NC(=O)C(C)Cn1cc(Br)cn1. The fourth-order valence-corrected chi connectivity index (χ4v) is 3.43. The number of hydrogen-bond donors (Lipinski definition) is 1. The van der Waals surface area contributed by atoms with Crippen molar-refractivity contribution < 1.29 is 4.79 Å². The molecule has 1 aromatic carbocycles. The molecule has 3 rings (SSSR count). The predicted octanol–water partition coefficient (Wildman–Crippen LogP) is 4.44. The number of amides is 1. The lowest BCUT2D eigenvalue weighted by Gasteiger charge is -2.13. The van der Waals surface area contributed by atoms with E-state index < -0.39 is 0 Å². The minimum absolute atomic E-state index is 0.0601. The number of nitrogens with one attached hydrogen (secondary N) is 1. The number of halogens is 2. The van der Waals surface area contributed by atoms with E-state index in [1.54, 1.807) is 10.9 Å². The van der Waals surface area contributed by atoms with Gasteiger partial charge < -0.3 is 5.32 Å². The van der Waals surface area contributed by atoms with Crippen LogP contribution in [0.25, 0.3) is 0 Å². The van der Waals surface area contributed by atoms with E-state index in [4.69, 9.17) is 11.6 Å². The lowest BCUT2D eigenvalue weighted by molar-refractivity contribution is -0.119. The summed E-state index contributed by atoms with van der Waals surface area (Å²) < 4.78 is 4.52. The fraction of sp³-hybridized carbons (Fsp3) is 0.316. The number of aromatic nitrogens is 4. The number of benzene rings is 1. The van der Waals surface area contributed by atoms with Gasteiger partial charge in [0.05, 0.1) is 46.8 Å². The monoisotopic (exact) mass is 449 g/mol. The van der Waals surface area contributed by atoms with Gasteiger partial charge in [0.25, 0.3) is 0 Å². The van der Waals surface area contributed by atoms with Crippen LogP contribution in [0.4, 0.5) is 5.69 Å². The average Bonchev–Trinajstić information content (AvgIpc) is 3.13. The summed E-state index contributed by atoms with van der Waals surface area (Å²) in [6, 6.07) is 7.68. The van der Waals surface area contributed by atoms with Crippen LogP contribution in [0.3, 0.4) is 0 Å². The first-order valence-corrected chi connectivity index (χ1v) is 9.78. The van der Waals surface area contributed by atoms with E-state index in [2.05, 4.69) is 31.4 Å². The summed E-state index contributed by atoms with van der Waals surface area (Å²) in [5.41, 5.74) is 3.52. The molecule has 0 radical (unpaired) electrons. The number of aryl methyl sites for hydroxylation is 1. The molecule has 6 nitrogen and oxygen atoms in total. The maximum Gasteiger partial charge on any atom is 0.229 e. The molecule has 1 unspecified atom stereocenters. The van der Waals surface area contributed by atoms with Gasteiger partial charge in [-0.15, -0.1) is 0 Å². The quantitative estimate of drug-likeness (QED) is 0.604. The predicted molar refractivity (Wildman–Crippen MR) is 110 cm³/mol. The van der Waals surface area contributed by atoms with Gasteiger partial charge in [0.15, 0.2) is 0 Å². The topological polar surface area (TPSA) is 64.7 Å². The lowest BCUT2D eigenvalue weighted by atomic mass is 10.1. The Bertz CT molecular complexity index is 965. The highest BCUT2D eigenvalue weighted by Gasteiger charge is 2.19. The van der Waals surface area contributed by atoms with E-state index >= 15 is 0 Å². The minimum Gasteiger partial charge on any atom is -0.323 e. The average molecular weight is 451 g/mol. The molecule has 2 aromatic heterocycles. The van der Waals surface area contributed by atoms with Crippen LogP contribution < -0.4 is 5.32 Å². The Labute approximate surface area is 171 Å². The molecule has 3 aromatic rings. The lowest BCUT2D eigenvalue weighted by Crippen LogP contribution is -2.25. The second-order valence-electron chi connectivity index (χ2n) is 6.60. The number of carbonyl (C=O) groups excluding carboxylic acids is 1. The Balaban J connectivity index is 1.71. The van der Waals surface area contributed by atoms with Crippen molar-refractivity contribution >= 4 is 39.1 Å². The van der Waals surface area contributed by atoms with E-state index in [1.807, 2.05) is 55.9 Å². The summed E-state index contributed by atoms with van der Waals surface area (Å²) in [6.07, 6.45) is 3.56. The summed E-state index contributed by atoms with van der Waals surface area (Å²) in [5, 5.41) is 12.5. The molecule has 27 heavy (non-hydrogen) atoms. The molecule has 0 saturated carbocycles. The van der Waals surface area contributed by atoms with Crippen molar-refractivity contribution in [3.63, 3.8) is 0 Å². The molecular formula is C19H21BrClN5O. The van der Waals surface area contributed by atoms with Crippen LogP contribution in [0.5, 0.6) is 0 Å². The summed E-state index contributed by atoms with van der Waals surface area (Å²) in [6.45, 7) is 6.83.